The number of nitrogens with zero attached hydrogens (tertiary/aromatic N) is 2. The minimum atomic E-state index is -1.08. The second-order valence-corrected chi connectivity index (χ2v) is 9.16. The van der Waals surface area contributed by atoms with Gasteiger partial charge >= 0.3 is 0 Å². The molecule has 0 N–H and O–H groups in total. The quantitative estimate of drug-likeness (QED) is 0.596. The maximum absolute atomic E-state index is 4.39. The van der Waals surface area contributed by atoms with E-state index in [2.05, 4.69) is 42.9 Å². The molecule has 0 aliphatic carbocycles. The summed E-state index contributed by atoms with van der Waals surface area (Å²) >= 11 is 0. The van der Waals surface area contributed by atoms with E-state index >= 15 is 0 Å². The second-order valence-electron chi connectivity index (χ2n) is 2.87. The van der Waals surface area contributed by atoms with Gasteiger partial charge in [-0.1, -0.05) is 0 Å². The Labute approximate surface area is 65.9 Å². The smallest absolute Gasteiger partial charge is 0.0292 e. The maximum atomic E-state index is 4.39. The van der Waals surface area contributed by atoms with E-state index < -0.39 is 7.21 Å². The highest BCUT2D eigenvalue weighted by Crippen LogP contribution is 2.54. The van der Waals surface area contributed by atoms with Crippen molar-refractivity contribution >= 4 is 15.3 Å². The van der Waals surface area contributed by atoms with Gasteiger partial charge in [0.15, 0.2) is 0 Å². The summed E-state index contributed by atoms with van der Waals surface area (Å²) in [7, 11) is 3.04. The molecule has 0 fully saturated rings. The van der Waals surface area contributed by atoms with E-state index in [0.717, 1.165) is 0 Å². The van der Waals surface area contributed by atoms with E-state index in [0.29, 0.717) is 0 Å². The summed E-state index contributed by atoms with van der Waals surface area (Å²) in [5.74, 6) is 0. The normalized spacial score (nSPS) is 12.8. The Balaban J connectivity index is 4.35. The van der Waals surface area contributed by atoms with E-state index in [1.54, 1.807) is 0 Å². The highest BCUT2D eigenvalue weighted by Gasteiger charge is 2.13. The monoisotopic (exact) mass is 180 g/mol. The molecule has 0 aromatic rings. The summed E-state index contributed by atoms with van der Waals surface area (Å²) in [6, 6.07) is 0. The molecule has 0 aliphatic rings. The van der Waals surface area contributed by atoms with Gasteiger partial charge in [0.25, 0.3) is 0 Å². The third kappa shape index (κ3) is 2.70. The average molecular weight is 180 g/mol. The van der Waals surface area contributed by atoms with Gasteiger partial charge < -0.3 is 0 Å². The SMILES string of the molecule is CN=P(C)(C)N(C)P(C)C. The molecule has 0 spiro atoms. The molecule has 0 unspecified atom stereocenters. The highest BCUT2D eigenvalue weighted by atomic mass is 31.2. The van der Waals surface area contributed by atoms with Gasteiger partial charge in [-0.3, -0.25) is 9.19 Å². The van der Waals surface area contributed by atoms with Crippen LogP contribution in [0, 0.1) is 0 Å². The molecular weight excluding hydrogens is 162 g/mol. The van der Waals surface area contributed by atoms with E-state index in [1.165, 1.54) is 0 Å². The molecule has 0 radical (unpaired) electrons. The van der Waals surface area contributed by atoms with Crippen LogP contribution in [0.1, 0.15) is 0 Å². The zero-order valence-corrected chi connectivity index (χ0v) is 9.58. The molecular formula is C6H18N2P2. The summed E-state index contributed by atoms with van der Waals surface area (Å²) < 4.78 is 6.81. The Hall–Kier alpha value is 0.620. The fourth-order valence-electron chi connectivity index (χ4n) is 0.567. The van der Waals surface area contributed by atoms with Gasteiger partial charge in [-0.25, -0.2) is 0 Å². The summed E-state index contributed by atoms with van der Waals surface area (Å²) in [6.07, 6.45) is 0. The lowest BCUT2D eigenvalue weighted by Gasteiger charge is -2.30. The zero-order valence-electron chi connectivity index (χ0n) is 7.79. The van der Waals surface area contributed by atoms with Gasteiger partial charge in [0, 0.05) is 14.3 Å². The van der Waals surface area contributed by atoms with Crippen LogP contribution in [0.4, 0.5) is 0 Å². The van der Waals surface area contributed by atoms with Gasteiger partial charge in [-0.05, 0) is 41.8 Å². The molecule has 0 aromatic heterocycles. The van der Waals surface area contributed by atoms with Crippen LogP contribution in [0.15, 0.2) is 4.74 Å². The molecule has 10 heavy (non-hydrogen) atoms. The van der Waals surface area contributed by atoms with Crippen molar-refractivity contribution < 1.29 is 0 Å². The largest absolute Gasteiger partial charge is 0.292 e. The first kappa shape index (κ1) is 10.6. The van der Waals surface area contributed by atoms with Gasteiger partial charge in [0.05, 0.1) is 0 Å². The van der Waals surface area contributed by atoms with Crippen LogP contribution in [0.5, 0.6) is 0 Å². The summed E-state index contributed by atoms with van der Waals surface area (Å²) in [5, 5.41) is 0. The number of rotatable bonds is 2. The van der Waals surface area contributed by atoms with Crippen LogP contribution in [0.2, 0.25) is 0 Å². The van der Waals surface area contributed by atoms with Crippen molar-refractivity contribution in [2.24, 2.45) is 4.74 Å². The van der Waals surface area contributed by atoms with Crippen molar-refractivity contribution in [3.8, 4) is 0 Å². The fourth-order valence-corrected chi connectivity index (χ4v) is 4.57. The Bertz CT molecular complexity index is 148. The Morgan fingerprint density at radius 2 is 1.70 bits per heavy atom. The van der Waals surface area contributed by atoms with Crippen LogP contribution >= 0.6 is 15.3 Å². The van der Waals surface area contributed by atoms with Gasteiger partial charge in [-0.2, -0.15) is 0 Å². The van der Waals surface area contributed by atoms with E-state index in [-0.39, 0.29) is 8.07 Å². The van der Waals surface area contributed by atoms with E-state index in [4.69, 9.17) is 0 Å². The minimum Gasteiger partial charge on any atom is -0.292 e. The number of hydrogen-bond acceptors (Lipinski definition) is 1. The van der Waals surface area contributed by atoms with Gasteiger partial charge in [0.1, 0.15) is 0 Å². The van der Waals surface area contributed by atoms with Crippen molar-refractivity contribution in [3.63, 3.8) is 0 Å². The first-order chi connectivity index (χ1) is 4.41. The third-order valence-electron chi connectivity index (χ3n) is 1.78. The molecule has 0 aromatic carbocycles. The Morgan fingerprint density at radius 1 is 1.30 bits per heavy atom. The molecule has 0 atom stereocenters. The maximum Gasteiger partial charge on any atom is 0.0292 e. The highest BCUT2D eigenvalue weighted by molar-refractivity contribution is 7.73. The predicted octanol–water partition coefficient (Wildman–Crippen LogP) is 2.58. The van der Waals surface area contributed by atoms with Crippen LogP contribution in [0.3, 0.4) is 0 Å². The molecule has 4 heteroatoms. The van der Waals surface area contributed by atoms with Crippen molar-refractivity contribution in [3.05, 3.63) is 0 Å². The molecule has 0 saturated heterocycles. The minimum absolute atomic E-state index is 0.0334. The molecule has 0 heterocycles. The molecule has 0 amide bonds. The molecule has 0 rings (SSSR count). The van der Waals surface area contributed by atoms with Crippen LogP contribution in [0.25, 0.3) is 0 Å². The fraction of sp³-hybridized carbons (Fsp3) is 1.00. The van der Waals surface area contributed by atoms with E-state index in [9.17, 15) is 0 Å². The zero-order chi connectivity index (χ0) is 8.36. The Kier molecular flexibility index (Phi) is 4.09. The molecule has 62 valence electrons. The molecule has 2 nitrogen and oxygen atoms in total. The predicted molar refractivity (Wildman–Crippen MR) is 53.7 cm³/mol. The number of hydrogen-bond donors (Lipinski definition) is 0. The lowest BCUT2D eigenvalue weighted by molar-refractivity contribution is 0.881. The second kappa shape index (κ2) is 3.85. The standard InChI is InChI=1S/C6H18N2P2/c1-7-10(5,6)8(2)9(3)4/h1-6H3. The summed E-state index contributed by atoms with van der Waals surface area (Å²) in [6.45, 7) is 9.02. The van der Waals surface area contributed by atoms with Crippen LogP contribution in [-0.4, -0.2) is 45.2 Å². The molecule has 0 saturated carbocycles. The van der Waals surface area contributed by atoms with E-state index in [1.807, 2.05) is 7.05 Å². The molecule has 0 aliphatic heterocycles. The van der Waals surface area contributed by atoms with Crippen LogP contribution in [-0.2, 0) is 0 Å². The van der Waals surface area contributed by atoms with Gasteiger partial charge in [0.2, 0.25) is 0 Å². The molecule has 0 bridgehead atoms. The third-order valence-corrected chi connectivity index (χ3v) is 7.72. The lowest BCUT2D eigenvalue weighted by Crippen LogP contribution is -2.05. The first-order valence-electron chi connectivity index (χ1n) is 3.28. The summed E-state index contributed by atoms with van der Waals surface area (Å²) in [4.78, 5) is 0. The lowest BCUT2D eigenvalue weighted by atomic mass is 11.6. The average Bonchev–Trinajstić information content (AvgIpc) is 1.86. The topological polar surface area (TPSA) is 15.6 Å². The van der Waals surface area contributed by atoms with Gasteiger partial charge in [-0.15, -0.1) is 0 Å². The van der Waals surface area contributed by atoms with Crippen molar-refractivity contribution in [2.75, 3.05) is 40.8 Å². The summed E-state index contributed by atoms with van der Waals surface area (Å²) in [5.41, 5.74) is 0. The first-order valence-corrected chi connectivity index (χ1v) is 8.06. The van der Waals surface area contributed by atoms with Crippen molar-refractivity contribution in [2.45, 2.75) is 0 Å². The van der Waals surface area contributed by atoms with Crippen molar-refractivity contribution in [1.82, 2.24) is 4.44 Å². The Morgan fingerprint density at radius 3 is 1.80 bits per heavy atom. The van der Waals surface area contributed by atoms with Crippen molar-refractivity contribution in [1.29, 1.82) is 0 Å². The van der Waals surface area contributed by atoms with Crippen LogP contribution < -0.4 is 0 Å².